The highest BCUT2D eigenvalue weighted by Crippen LogP contribution is 2.25. The first-order chi connectivity index (χ1) is 9.61. The maximum absolute atomic E-state index is 12.0. The topological polar surface area (TPSA) is 58.2 Å². The Morgan fingerprint density at radius 1 is 1.29 bits per heavy atom. The molecule has 1 aromatic rings. The molecule has 0 saturated carbocycles. The van der Waals surface area contributed by atoms with E-state index in [1.807, 2.05) is 0 Å². The Kier molecular flexibility index (Phi) is 5.86. The molecule has 2 N–H and O–H groups in total. The first-order valence-corrected chi connectivity index (χ1v) is 6.46. The zero-order valence-electron chi connectivity index (χ0n) is 10.7. The summed E-state index contributed by atoms with van der Waals surface area (Å²) in [5, 5.41) is 4.06. The number of carbonyl (C=O) groups excluding carboxylic acids is 2. The first kappa shape index (κ1) is 17.6. The second-order valence-corrected chi connectivity index (χ2v) is 4.91. The number of nitrogens with one attached hydrogen (secondary N) is 2. The summed E-state index contributed by atoms with van der Waals surface area (Å²) >= 11 is 11.6. The van der Waals surface area contributed by atoms with Crippen molar-refractivity contribution in [2.75, 3.05) is 6.54 Å². The third-order valence-corrected chi connectivity index (χ3v) is 3.22. The largest absolute Gasteiger partial charge is 0.405 e. The van der Waals surface area contributed by atoms with E-state index in [0.29, 0.717) is 0 Å². The number of hydrogen-bond acceptors (Lipinski definition) is 2. The van der Waals surface area contributed by atoms with Gasteiger partial charge >= 0.3 is 6.18 Å². The van der Waals surface area contributed by atoms with Crippen molar-refractivity contribution in [3.63, 3.8) is 0 Å². The van der Waals surface area contributed by atoms with Crippen molar-refractivity contribution >= 4 is 35.0 Å². The van der Waals surface area contributed by atoms with Gasteiger partial charge < -0.3 is 10.6 Å². The van der Waals surface area contributed by atoms with Gasteiger partial charge in [0.1, 0.15) is 12.6 Å². The van der Waals surface area contributed by atoms with E-state index >= 15 is 0 Å². The highest BCUT2D eigenvalue weighted by atomic mass is 35.5. The number of alkyl halides is 3. The van der Waals surface area contributed by atoms with Crippen molar-refractivity contribution in [2.45, 2.75) is 19.1 Å². The van der Waals surface area contributed by atoms with E-state index in [9.17, 15) is 22.8 Å². The zero-order valence-corrected chi connectivity index (χ0v) is 12.2. The lowest BCUT2D eigenvalue weighted by atomic mass is 10.2. The Morgan fingerprint density at radius 3 is 2.48 bits per heavy atom. The molecule has 4 nitrogen and oxygen atoms in total. The predicted octanol–water partition coefficient (Wildman–Crippen LogP) is 2.79. The number of halogens is 5. The standard InChI is InChI=1S/C12H11Cl2F3N2O2/c1-6(10(20)18-5-12(15,16)17)19-11(21)7-3-2-4-8(13)9(7)14/h2-4,6H,5H2,1H3,(H,18,20)(H,19,21)/t6-/m1/s1. The molecule has 0 fully saturated rings. The fraction of sp³-hybridized carbons (Fsp3) is 0.333. The van der Waals surface area contributed by atoms with E-state index in [1.165, 1.54) is 25.1 Å². The molecule has 0 unspecified atom stereocenters. The minimum atomic E-state index is -4.52. The average Bonchev–Trinajstić information content (AvgIpc) is 2.38. The Hall–Kier alpha value is -1.47. The van der Waals surface area contributed by atoms with Crippen LogP contribution in [0.5, 0.6) is 0 Å². The highest BCUT2D eigenvalue weighted by molar-refractivity contribution is 6.43. The fourth-order valence-corrected chi connectivity index (χ4v) is 1.75. The molecule has 116 valence electrons. The second kappa shape index (κ2) is 7.00. The van der Waals surface area contributed by atoms with Gasteiger partial charge in [0.2, 0.25) is 5.91 Å². The van der Waals surface area contributed by atoms with Crippen LogP contribution in [0.4, 0.5) is 13.2 Å². The molecular weight excluding hydrogens is 332 g/mol. The second-order valence-electron chi connectivity index (χ2n) is 4.13. The molecule has 1 rings (SSSR count). The van der Waals surface area contributed by atoms with E-state index < -0.39 is 30.6 Å². The van der Waals surface area contributed by atoms with Gasteiger partial charge in [-0.2, -0.15) is 13.2 Å². The summed E-state index contributed by atoms with van der Waals surface area (Å²) in [5.41, 5.74) is 0.0274. The van der Waals surface area contributed by atoms with Gasteiger partial charge in [0.25, 0.3) is 5.91 Å². The summed E-state index contributed by atoms with van der Waals surface area (Å²) < 4.78 is 35.9. The van der Waals surface area contributed by atoms with Crippen molar-refractivity contribution < 1.29 is 22.8 Å². The molecule has 0 aliphatic carbocycles. The molecule has 0 spiro atoms. The van der Waals surface area contributed by atoms with Gasteiger partial charge in [0.05, 0.1) is 15.6 Å². The van der Waals surface area contributed by atoms with Gasteiger partial charge in [-0.3, -0.25) is 9.59 Å². The SMILES string of the molecule is C[C@@H](NC(=O)c1cccc(Cl)c1Cl)C(=O)NCC(F)(F)F. The highest BCUT2D eigenvalue weighted by Gasteiger charge is 2.29. The predicted molar refractivity (Wildman–Crippen MR) is 72.5 cm³/mol. The minimum absolute atomic E-state index is 0.000402. The van der Waals surface area contributed by atoms with E-state index in [-0.39, 0.29) is 15.6 Å². The lowest BCUT2D eigenvalue weighted by Crippen LogP contribution is -2.47. The minimum Gasteiger partial charge on any atom is -0.345 e. The Bertz CT molecular complexity index is 550. The van der Waals surface area contributed by atoms with Crippen LogP contribution >= 0.6 is 23.2 Å². The van der Waals surface area contributed by atoms with Crippen LogP contribution in [-0.2, 0) is 4.79 Å². The van der Waals surface area contributed by atoms with Crippen LogP contribution in [0.2, 0.25) is 10.0 Å². The summed E-state index contributed by atoms with van der Waals surface area (Å²) in [4.78, 5) is 23.3. The molecule has 1 aromatic carbocycles. The van der Waals surface area contributed by atoms with Gasteiger partial charge in [-0.25, -0.2) is 0 Å². The Labute approximate surface area is 128 Å². The summed E-state index contributed by atoms with van der Waals surface area (Å²) in [6, 6.07) is 3.18. The van der Waals surface area contributed by atoms with Crippen LogP contribution < -0.4 is 10.6 Å². The molecule has 21 heavy (non-hydrogen) atoms. The smallest absolute Gasteiger partial charge is 0.345 e. The van der Waals surface area contributed by atoms with Gasteiger partial charge in [-0.1, -0.05) is 29.3 Å². The average molecular weight is 343 g/mol. The third kappa shape index (κ3) is 5.43. The molecule has 0 aliphatic heterocycles. The van der Waals surface area contributed by atoms with E-state index in [1.54, 1.807) is 5.32 Å². The number of benzene rings is 1. The van der Waals surface area contributed by atoms with Crippen molar-refractivity contribution in [1.29, 1.82) is 0 Å². The van der Waals surface area contributed by atoms with Gasteiger partial charge in [-0.15, -0.1) is 0 Å². The van der Waals surface area contributed by atoms with Crippen LogP contribution in [0.15, 0.2) is 18.2 Å². The van der Waals surface area contributed by atoms with Crippen LogP contribution in [0.3, 0.4) is 0 Å². The Morgan fingerprint density at radius 2 is 1.90 bits per heavy atom. The van der Waals surface area contributed by atoms with Crippen molar-refractivity contribution in [2.24, 2.45) is 0 Å². The molecule has 0 aliphatic rings. The number of amides is 2. The summed E-state index contributed by atoms with van der Waals surface area (Å²) in [7, 11) is 0. The molecule has 0 heterocycles. The number of rotatable bonds is 4. The summed E-state index contributed by atoms with van der Waals surface area (Å²) in [6.07, 6.45) is -4.52. The number of hydrogen-bond donors (Lipinski definition) is 2. The van der Waals surface area contributed by atoms with Gasteiger partial charge in [0, 0.05) is 0 Å². The molecule has 0 radical (unpaired) electrons. The van der Waals surface area contributed by atoms with Crippen LogP contribution in [0.1, 0.15) is 17.3 Å². The van der Waals surface area contributed by atoms with Crippen molar-refractivity contribution in [3.05, 3.63) is 33.8 Å². The van der Waals surface area contributed by atoms with Crippen LogP contribution in [0, 0.1) is 0 Å². The zero-order chi connectivity index (χ0) is 16.2. The lowest BCUT2D eigenvalue weighted by molar-refractivity contribution is -0.139. The number of carbonyl (C=O) groups is 2. The quantitative estimate of drug-likeness (QED) is 0.883. The molecule has 0 aromatic heterocycles. The van der Waals surface area contributed by atoms with Gasteiger partial charge in [-0.05, 0) is 19.1 Å². The van der Waals surface area contributed by atoms with Crippen molar-refractivity contribution in [3.8, 4) is 0 Å². The molecule has 2 amide bonds. The molecule has 1 atom stereocenters. The lowest BCUT2D eigenvalue weighted by Gasteiger charge is -2.15. The molecular formula is C12H11Cl2F3N2O2. The van der Waals surface area contributed by atoms with Gasteiger partial charge in [0.15, 0.2) is 0 Å². The van der Waals surface area contributed by atoms with Crippen LogP contribution in [-0.4, -0.2) is 30.6 Å². The third-order valence-electron chi connectivity index (χ3n) is 2.40. The Balaban J connectivity index is 2.66. The van der Waals surface area contributed by atoms with E-state index in [4.69, 9.17) is 23.2 Å². The normalized spacial score (nSPS) is 12.7. The fourth-order valence-electron chi connectivity index (χ4n) is 1.36. The summed E-state index contributed by atoms with van der Waals surface area (Å²) in [5.74, 6) is -1.67. The van der Waals surface area contributed by atoms with E-state index in [2.05, 4.69) is 5.32 Å². The van der Waals surface area contributed by atoms with Crippen LogP contribution in [0.25, 0.3) is 0 Å². The molecule has 0 saturated heterocycles. The molecule has 9 heteroatoms. The van der Waals surface area contributed by atoms with E-state index in [0.717, 1.165) is 0 Å². The van der Waals surface area contributed by atoms with Crippen molar-refractivity contribution in [1.82, 2.24) is 10.6 Å². The summed E-state index contributed by atoms with van der Waals surface area (Å²) in [6.45, 7) is -0.216. The first-order valence-electron chi connectivity index (χ1n) is 5.71. The monoisotopic (exact) mass is 342 g/mol. The maximum Gasteiger partial charge on any atom is 0.405 e. The maximum atomic E-state index is 12.0. The molecule has 0 bridgehead atoms.